The molecule has 0 aliphatic heterocycles. The van der Waals surface area contributed by atoms with Gasteiger partial charge in [-0.2, -0.15) is 0 Å². The summed E-state index contributed by atoms with van der Waals surface area (Å²) in [5, 5.41) is 2.60. The second kappa shape index (κ2) is 7.31. The van der Waals surface area contributed by atoms with Gasteiger partial charge in [-0.05, 0) is 29.8 Å². The number of ether oxygens (including phenoxy) is 1. The first-order valence-corrected chi connectivity index (χ1v) is 6.63. The number of hydrogen-bond donors (Lipinski definition) is 1. The predicted molar refractivity (Wildman–Crippen MR) is 77.6 cm³/mol. The third kappa shape index (κ3) is 4.12. The molecule has 1 heterocycles. The molecule has 0 saturated heterocycles. The first-order chi connectivity index (χ1) is 10.6. The van der Waals surface area contributed by atoms with Crippen LogP contribution in [-0.2, 0) is 16.0 Å². The fourth-order valence-electron chi connectivity index (χ4n) is 1.93. The minimum absolute atomic E-state index is 0.207. The Morgan fingerprint density at radius 3 is 2.59 bits per heavy atom. The molecular formula is C16H15FN2O3. The van der Waals surface area contributed by atoms with Gasteiger partial charge in [-0.25, -0.2) is 9.18 Å². The SMILES string of the molecule is COC(=O)[C@H](Cc1ccc(F)cc1)NC(=O)c1cccnc1. The Bertz CT molecular complexity index is 644. The van der Waals surface area contributed by atoms with Crippen molar-refractivity contribution in [3.8, 4) is 0 Å². The largest absolute Gasteiger partial charge is 0.467 e. The van der Waals surface area contributed by atoms with Crippen molar-refractivity contribution < 1.29 is 18.7 Å². The molecule has 22 heavy (non-hydrogen) atoms. The highest BCUT2D eigenvalue weighted by atomic mass is 19.1. The van der Waals surface area contributed by atoms with Crippen molar-refractivity contribution in [2.75, 3.05) is 7.11 Å². The highest BCUT2D eigenvalue weighted by Gasteiger charge is 2.22. The van der Waals surface area contributed by atoms with E-state index in [9.17, 15) is 14.0 Å². The molecule has 5 nitrogen and oxygen atoms in total. The fraction of sp³-hybridized carbons (Fsp3) is 0.188. The summed E-state index contributed by atoms with van der Waals surface area (Å²) < 4.78 is 17.6. The van der Waals surface area contributed by atoms with E-state index < -0.39 is 17.9 Å². The van der Waals surface area contributed by atoms with Crippen LogP contribution >= 0.6 is 0 Å². The number of amides is 1. The van der Waals surface area contributed by atoms with Crippen LogP contribution in [0.4, 0.5) is 4.39 Å². The summed E-state index contributed by atoms with van der Waals surface area (Å²) in [6, 6.07) is 8.07. The highest BCUT2D eigenvalue weighted by Crippen LogP contribution is 2.08. The molecule has 0 bridgehead atoms. The van der Waals surface area contributed by atoms with Crippen LogP contribution in [0.1, 0.15) is 15.9 Å². The Labute approximate surface area is 127 Å². The normalized spacial score (nSPS) is 11.5. The van der Waals surface area contributed by atoms with Crippen molar-refractivity contribution in [2.45, 2.75) is 12.5 Å². The average molecular weight is 302 g/mol. The summed E-state index contributed by atoms with van der Waals surface area (Å²) in [5.41, 5.74) is 1.05. The lowest BCUT2D eigenvalue weighted by molar-refractivity contribution is -0.142. The summed E-state index contributed by atoms with van der Waals surface area (Å²) in [6.07, 6.45) is 3.16. The molecule has 1 atom stereocenters. The van der Waals surface area contributed by atoms with Gasteiger partial charge < -0.3 is 10.1 Å². The maximum atomic E-state index is 12.9. The Balaban J connectivity index is 2.11. The van der Waals surface area contributed by atoms with E-state index in [0.29, 0.717) is 11.1 Å². The number of methoxy groups -OCH3 is 1. The van der Waals surface area contributed by atoms with E-state index in [1.807, 2.05) is 0 Å². The number of esters is 1. The minimum atomic E-state index is -0.858. The standard InChI is InChI=1S/C16H15FN2O3/c1-22-16(21)14(9-11-4-6-13(17)7-5-11)19-15(20)12-3-2-8-18-10-12/h2-8,10,14H,9H2,1H3,(H,19,20)/t14-/m0/s1. The number of nitrogens with zero attached hydrogens (tertiary/aromatic N) is 1. The molecule has 1 N–H and O–H groups in total. The molecule has 0 aliphatic carbocycles. The second-order valence-corrected chi connectivity index (χ2v) is 4.62. The molecule has 0 radical (unpaired) electrons. The van der Waals surface area contributed by atoms with E-state index >= 15 is 0 Å². The maximum absolute atomic E-state index is 12.9. The molecular weight excluding hydrogens is 287 g/mol. The Hall–Kier alpha value is -2.76. The van der Waals surface area contributed by atoms with E-state index in [-0.39, 0.29) is 12.2 Å². The minimum Gasteiger partial charge on any atom is -0.467 e. The first-order valence-electron chi connectivity index (χ1n) is 6.63. The highest BCUT2D eigenvalue weighted by molar-refractivity contribution is 5.96. The number of hydrogen-bond acceptors (Lipinski definition) is 4. The number of nitrogens with one attached hydrogen (secondary N) is 1. The van der Waals surface area contributed by atoms with Gasteiger partial charge in [-0.3, -0.25) is 9.78 Å². The molecule has 2 aromatic rings. The van der Waals surface area contributed by atoms with E-state index in [4.69, 9.17) is 4.74 Å². The van der Waals surface area contributed by atoms with Crippen molar-refractivity contribution in [2.24, 2.45) is 0 Å². The van der Waals surface area contributed by atoms with Crippen LogP contribution in [0.25, 0.3) is 0 Å². The average Bonchev–Trinajstić information content (AvgIpc) is 2.56. The van der Waals surface area contributed by atoms with Crippen LogP contribution in [0, 0.1) is 5.82 Å². The van der Waals surface area contributed by atoms with Crippen molar-refractivity contribution in [3.05, 3.63) is 65.7 Å². The predicted octanol–water partition coefficient (Wildman–Crippen LogP) is 1.73. The van der Waals surface area contributed by atoms with Crippen molar-refractivity contribution >= 4 is 11.9 Å². The quantitative estimate of drug-likeness (QED) is 0.854. The van der Waals surface area contributed by atoms with Gasteiger partial charge in [-0.1, -0.05) is 12.1 Å². The lowest BCUT2D eigenvalue weighted by atomic mass is 10.1. The topological polar surface area (TPSA) is 68.3 Å². The van der Waals surface area contributed by atoms with E-state index in [1.54, 1.807) is 30.5 Å². The molecule has 6 heteroatoms. The van der Waals surface area contributed by atoms with Gasteiger partial charge in [-0.15, -0.1) is 0 Å². The van der Waals surface area contributed by atoms with Gasteiger partial charge in [0.05, 0.1) is 12.7 Å². The molecule has 0 unspecified atom stereocenters. The van der Waals surface area contributed by atoms with Gasteiger partial charge >= 0.3 is 5.97 Å². The van der Waals surface area contributed by atoms with E-state index in [2.05, 4.69) is 10.3 Å². The number of benzene rings is 1. The van der Waals surface area contributed by atoms with Gasteiger partial charge in [0.2, 0.25) is 0 Å². The van der Waals surface area contributed by atoms with Gasteiger partial charge in [0, 0.05) is 18.8 Å². The van der Waals surface area contributed by atoms with Crippen molar-refractivity contribution in [3.63, 3.8) is 0 Å². The maximum Gasteiger partial charge on any atom is 0.328 e. The Morgan fingerprint density at radius 1 is 1.27 bits per heavy atom. The molecule has 1 aromatic carbocycles. The monoisotopic (exact) mass is 302 g/mol. The number of rotatable bonds is 5. The van der Waals surface area contributed by atoms with Crippen molar-refractivity contribution in [1.29, 1.82) is 0 Å². The summed E-state index contributed by atoms with van der Waals surface area (Å²) in [4.78, 5) is 27.8. The molecule has 0 aliphatic rings. The molecule has 0 spiro atoms. The van der Waals surface area contributed by atoms with E-state index in [0.717, 1.165) is 0 Å². The van der Waals surface area contributed by atoms with Crippen LogP contribution in [0.3, 0.4) is 0 Å². The van der Waals surface area contributed by atoms with Gasteiger partial charge in [0.25, 0.3) is 5.91 Å². The van der Waals surface area contributed by atoms with Crippen LogP contribution < -0.4 is 5.32 Å². The van der Waals surface area contributed by atoms with Crippen LogP contribution in [0.15, 0.2) is 48.8 Å². The Kier molecular flexibility index (Phi) is 5.19. The molecule has 0 fully saturated rings. The van der Waals surface area contributed by atoms with Crippen LogP contribution in [0.2, 0.25) is 0 Å². The zero-order chi connectivity index (χ0) is 15.9. The molecule has 114 valence electrons. The lowest BCUT2D eigenvalue weighted by Crippen LogP contribution is -2.43. The number of carbonyl (C=O) groups excluding carboxylic acids is 2. The van der Waals surface area contributed by atoms with Crippen molar-refractivity contribution in [1.82, 2.24) is 10.3 Å². The lowest BCUT2D eigenvalue weighted by Gasteiger charge is -2.16. The van der Waals surface area contributed by atoms with Gasteiger partial charge in [0.1, 0.15) is 11.9 Å². The summed E-state index contributed by atoms with van der Waals surface area (Å²) in [7, 11) is 1.25. The summed E-state index contributed by atoms with van der Waals surface area (Å²) in [6.45, 7) is 0. The molecule has 1 amide bonds. The van der Waals surface area contributed by atoms with E-state index in [1.165, 1.54) is 25.4 Å². The smallest absolute Gasteiger partial charge is 0.328 e. The molecule has 1 aromatic heterocycles. The molecule has 2 rings (SSSR count). The summed E-state index contributed by atoms with van der Waals surface area (Å²) in [5.74, 6) is -1.36. The number of aromatic nitrogens is 1. The number of carbonyl (C=O) groups is 2. The number of halogens is 1. The Morgan fingerprint density at radius 2 is 2.00 bits per heavy atom. The zero-order valence-corrected chi connectivity index (χ0v) is 12.0. The number of pyridine rings is 1. The van der Waals surface area contributed by atoms with Gasteiger partial charge in [0.15, 0.2) is 0 Å². The second-order valence-electron chi connectivity index (χ2n) is 4.62. The van der Waals surface area contributed by atoms with Crippen LogP contribution in [-0.4, -0.2) is 30.0 Å². The summed E-state index contributed by atoms with van der Waals surface area (Å²) >= 11 is 0. The third-order valence-corrected chi connectivity index (χ3v) is 3.07. The third-order valence-electron chi connectivity index (χ3n) is 3.07. The van der Waals surface area contributed by atoms with Crippen LogP contribution in [0.5, 0.6) is 0 Å². The zero-order valence-electron chi connectivity index (χ0n) is 12.0. The first kappa shape index (κ1) is 15.6. The fourth-order valence-corrected chi connectivity index (χ4v) is 1.93. The molecule has 0 saturated carbocycles.